The molecule has 0 radical (unpaired) electrons. The molecule has 30 heavy (non-hydrogen) atoms. The number of carbonyl (C=O) groups is 1. The Morgan fingerprint density at radius 2 is 1.33 bits per heavy atom. The third-order valence-corrected chi connectivity index (χ3v) is 8.06. The van der Waals surface area contributed by atoms with Crippen LogP contribution in [0.3, 0.4) is 0 Å². The molecule has 5 heteroatoms. The van der Waals surface area contributed by atoms with Crippen LogP contribution in [0, 0.1) is 0 Å². The number of rotatable bonds is 6. The average Bonchev–Trinajstić information content (AvgIpc) is 2.78. The molecule has 3 aromatic rings. The van der Waals surface area contributed by atoms with Crippen molar-refractivity contribution in [2.24, 2.45) is 0 Å². The van der Waals surface area contributed by atoms with E-state index in [2.05, 4.69) is 0 Å². The lowest BCUT2D eigenvalue weighted by molar-refractivity contribution is -0.116. The molecule has 3 nitrogen and oxygen atoms in total. The van der Waals surface area contributed by atoms with Gasteiger partial charge in [0.05, 0.1) is 10.6 Å². The van der Waals surface area contributed by atoms with E-state index in [0.29, 0.717) is 18.4 Å². The van der Waals surface area contributed by atoms with Crippen LogP contribution in [0.5, 0.6) is 0 Å². The summed E-state index contributed by atoms with van der Waals surface area (Å²) in [6.07, 6.45) is 0.997. The first kappa shape index (κ1) is 20.6. The summed E-state index contributed by atoms with van der Waals surface area (Å²) in [4.78, 5) is 15.3. The quantitative estimate of drug-likeness (QED) is 0.503. The number of hydrogen-bond acceptors (Lipinski definition) is 4. The van der Waals surface area contributed by atoms with Crippen LogP contribution in [0.15, 0.2) is 111 Å². The van der Waals surface area contributed by atoms with Crippen molar-refractivity contribution in [1.29, 1.82) is 0 Å². The van der Waals surface area contributed by atoms with E-state index in [1.54, 1.807) is 30.3 Å². The maximum Gasteiger partial charge on any atom is 0.182 e. The van der Waals surface area contributed by atoms with E-state index in [1.165, 1.54) is 11.8 Å². The predicted molar refractivity (Wildman–Crippen MR) is 121 cm³/mol. The predicted octanol–water partition coefficient (Wildman–Crippen LogP) is 5.65. The fraction of sp³-hybridized carbons (Fsp3) is 0.160. The molecule has 152 valence electrons. The smallest absolute Gasteiger partial charge is 0.182 e. The zero-order valence-corrected chi connectivity index (χ0v) is 18.0. The molecule has 0 spiro atoms. The average molecular weight is 435 g/mol. The first-order valence-electron chi connectivity index (χ1n) is 9.84. The molecule has 0 bridgehead atoms. The molecule has 0 saturated carbocycles. The second kappa shape index (κ2) is 9.02. The number of ketones is 1. The van der Waals surface area contributed by atoms with Crippen LogP contribution >= 0.6 is 11.8 Å². The molecule has 3 aromatic carbocycles. The van der Waals surface area contributed by atoms with Crippen LogP contribution < -0.4 is 0 Å². The highest BCUT2D eigenvalue weighted by Crippen LogP contribution is 2.42. The van der Waals surface area contributed by atoms with Gasteiger partial charge in [-0.3, -0.25) is 4.79 Å². The van der Waals surface area contributed by atoms with Gasteiger partial charge < -0.3 is 0 Å². The van der Waals surface area contributed by atoms with Crippen LogP contribution in [0.4, 0.5) is 0 Å². The monoisotopic (exact) mass is 434 g/mol. The number of Topliss-reactive ketones (excluding diaryl/α,β-unsaturated/α-hetero) is 1. The van der Waals surface area contributed by atoms with Crippen molar-refractivity contribution in [1.82, 2.24) is 0 Å². The van der Waals surface area contributed by atoms with Crippen molar-refractivity contribution in [3.05, 3.63) is 107 Å². The van der Waals surface area contributed by atoms with E-state index in [4.69, 9.17) is 0 Å². The second-order valence-corrected chi connectivity index (χ2v) is 10.5. The van der Waals surface area contributed by atoms with Gasteiger partial charge >= 0.3 is 0 Å². The summed E-state index contributed by atoms with van der Waals surface area (Å²) >= 11 is 1.51. The molecule has 0 aromatic heterocycles. The number of thioether (sulfide) groups is 1. The third-order valence-electron chi connectivity index (χ3n) is 5.23. The van der Waals surface area contributed by atoms with Crippen molar-refractivity contribution in [3.63, 3.8) is 0 Å². The lowest BCUT2D eigenvalue weighted by Gasteiger charge is -2.26. The van der Waals surface area contributed by atoms with Gasteiger partial charge in [0.25, 0.3) is 0 Å². The summed E-state index contributed by atoms with van der Waals surface area (Å²) in [5.41, 5.74) is 1.54. The molecule has 0 amide bonds. The van der Waals surface area contributed by atoms with Gasteiger partial charge in [0.15, 0.2) is 15.6 Å². The van der Waals surface area contributed by atoms with Crippen LogP contribution in [0.2, 0.25) is 0 Å². The van der Waals surface area contributed by atoms with Gasteiger partial charge in [-0.15, -0.1) is 0 Å². The number of carbonyl (C=O) groups excluding carboxylic acids is 1. The lowest BCUT2D eigenvalue weighted by atomic mass is 9.84. The second-order valence-electron chi connectivity index (χ2n) is 7.33. The summed E-state index contributed by atoms with van der Waals surface area (Å²) < 4.78 is 26.0. The third kappa shape index (κ3) is 4.74. The minimum Gasteiger partial charge on any atom is -0.294 e. The molecule has 1 aliphatic carbocycles. The standard InChI is InChI=1S/C25H22O3S2/c26-24-16-20(19-10-4-1-5-11-19)17-25(29-21-12-6-2-7-13-21)23(24)18-30(27,28)22-14-8-3-9-15-22/h1-15,20H,16-18H2/t20-/m0/s1. The highest BCUT2D eigenvalue weighted by atomic mass is 32.2. The van der Waals surface area contributed by atoms with Crippen molar-refractivity contribution in [2.75, 3.05) is 5.75 Å². The van der Waals surface area contributed by atoms with Gasteiger partial charge in [-0.2, -0.15) is 0 Å². The fourth-order valence-electron chi connectivity index (χ4n) is 3.68. The maximum atomic E-state index is 13.2. The number of sulfone groups is 1. The Morgan fingerprint density at radius 1 is 0.767 bits per heavy atom. The van der Waals surface area contributed by atoms with Crippen LogP contribution in [0.25, 0.3) is 0 Å². The molecule has 0 unspecified atom stereocenters. The SMILES string of the molecule is O=C1C[C@H](c2ccccc2)CC(Sc2ccccc2)=C1CS(=O)(=O)c1ccccc1. The van der Waals surface area contributed by atoms with Crippen LogP contribution in [0.1, 0.15) is 24.3 Å². The summed E-state index contributed by atoms with van der Waals surface area (Å²) in [6.45, 7) is 0. The van der Waals surface area contributed by atoms with Gasteiger partial charge in [-0.05, 0) is 47.1 Å². The zero-order valence-electron chi connectivity index (χ0n) is 16.4. The van der Waals surface area contributed by atoms with Gasteiger partial charge in [0.2, 0.25) is 0 Å². The summed E-state index contributed by atoms with van der Waals surface area (Å²) in [5, 5.41) is 0. The first-order valence-corrected chi connectivity index (χ1v) is 12.3. The molecule has 0 saturated heterocycles. The van der Waals surface area contributed by atoms with Crippen LogP contribution in [-0.4, -0.2) is 20.0 Å². The maximum absolute atomic E-state index is 13.2. The highest BCUT2D eigenvalue weighted by Gasteiger charge is 2.32. The van der Waals surface area contributed by atoms with Gasteiger partial charge in [0.1, 0.15) is 0 Å². The fourth-order valence-corrected chi connectivity index (χ4v) is 6.40. The van der Waals surface area contributed by atoms with Gasteiger partial charge in [-0.25, -0.2) is 8.42 Å². The van der Waals surface area contributed by atoms with Crippen molar-refractivity contribution < 1.29 is 13.2 Å². The Labute approximate surface area is 181 Å². The molecule has 4 rings (SSSR count). The Morgan fingerprint density at radius 3 is 1.97 bits per heavy atom. The van der Waals surface area contributed by atoms with E-state index >= 15 is 0 Å². The molecule has 1 atom stereocenters. The molecule has 1 aliphatic rings. The van der Waals surface area contributed by atoms with Gasteiger partial charge in [0, 0.05) is 16.9 Å². The Bertz CT molecular complexity index is 1150. The van der Waals surface area contributed by atoms with E-state index < -0.39 is 9.84 Å². The molecule has 0 heterocycles. The topological polar surface area (TPSA) is 51.2 Å². The summed E-state index contributed by atoms with van der Waals surface area (Å²) in [7, 11) is -3.59. The first-order chi connectivity index (χ1) is 14.5. The minimum absolute atomic E-state index is 0.0630. The van der Waals surface area contributed by atoms with E-state index in [1.807, 2.05) is 60.7 Å². The normalized spacial score (nSPS) is 17.2. The number of hydrogen-bond donors (Lipinski definition) is 0. The Balaban J connectivity index is 1.71. The Hall–Kier alpha value is -2.63. The zero-order chi connectivity index (χ0) is 21.0. The van der Waals surface area contributed by atoms with Crippen molar-refractivity contribution in [3.8, 4) is 0 Å². The molecular weight excluding hydrogens is 412 g/mol. The number of benzene rings is 3. The van der Waals surface area contributed by atoms with Crippen molar-refractivity contribution >= 4 is 27.4 Å². The highest BCUT2D eigenvalue weighted by molar-refractivity contribution is 8.03. The Kier molecular flexibility index (Phi) is 6.21. The minimum atomic E-state index is -3.59. The van der Waals surface area contributed by atoms with E-state index in [0.717, 1.165) is 15.4 Å². The van der Waals surface area contributed by atoms with E-state index in [-0.39, 0.29) is 22.3 Å². The lowest BCUT2D eigenvalue weighted by Crippen LogP contribution is -2.23. The summed E-state index contributed by atoms with van der Waals surface area (Å²) in [5.74, 6) is -0.270. The summed E-state index contributed by atoms with van der Waals surface area (Å²) in [6, 6.07) is 28.1. The molecule has 0 N–H and O–H groups in total. The molecule has 0 aliphatic heterocycles. The molecule has 0 fully saturated rings. The van der Waals surface area contributed by atoms with Crippen LogP contribution in [-0.2, 0) is 14.6 Å². The largest absolute Gasteiger partial charge is 0.294 e. The number of allylic oxidation sites excluding steroid dienone is 1. The van der Waals surface area contributed by atoms with E-state index in [9.17, 15) is 13.2 Å². The molecular formula is C25H22O3S2. The van der Waals surface area contributed by atoms with Crippen molar-refractivity contribution in [2.45, 2.75) is 28.6 Å². The van der Waals surface area contributed by atoms with Gasteiger partial charge in [-0.1, -0.05) is 78.5 Å².